The number of methoxy groups -OCH3 is 1. The van der Waals surface area contributed by atoms with Gasteiger partial charge in [-0.25, -0.2) is 0 Å². The van der Waals surface area contributed by atoms with E-state index in [1.807, 2.05) is 0 Å². The smallest absolute Gasteiger partial charge is 0.0713 e. The predicted octanol–water partition coefficient (Wildman–Crippen LogP) is 2.32. The molecule has 18 heavy (non-hydrogen) atoms. The lowest BCUT2D eigenvalue weighted by Gasteiger charge is -2.40. The van der Waals surface area contributed by atoms with Gasteiger partial charge in [0.2, 0.25) is 0 Å². The van der Waals surface area contributed by atoms with E-state index in [0.717, 1.165) is 0 Å². The van der Waals surface area contributed by atoms with Crippen LogP contribution in [0.25, 0.3) is 0 Å². The Hall–Kier alpha value is -0.900. The Morgan fingerprint density at radius 2 is 2.22 bits per heavy atom. The third kappa shape index (κ3) is 2.91. The normalized spacial score (nSPS) is 17.8. The van der Waals surface area contributed by atoms with E-state index < -0.39 is 0 Å². The number of hydrogen-bond donors (Lipinski definition) is 1. The van der Waals surface area contributed by atoms with E-state index in [0.29, 0.717) is 25.2 Å². The Morgan fingerprint density at radius 3 is 2.78 bits per heavy atom. The molecule has 1 atom stereocenters. The second-order valence-corrected chi connectivity index (χ2v) is 5.18. The van der Waals surface area contributed by atoms with Crippen LogP contribution in [0.4, 0.5) is 0 Å². The average Bonchev–Trinajstić information content (AvgIpc) is 2.28. The molecule has 0 spiro atoms. The van der Waals surface area contributed by atoms with E-state index in [4.69, 9.17) is 10.5 Å². The van der Waals surface area contributed by atoms with Crippen LogP contribution in [0.15, 0.2) is 24.3 Å². The van der Waals surface area contributed by atoms with Crippen LogP contribution in [-0.2, 0) is 11.3 Å². The third-order valence-electron chi connectivity index (χ3n) is 4.01. The van der Waals surface area contributed by atoms with Crippen molar-refractivity contribution in [3.8, 4) is 0 Å². The summed E-state index contributed by atoms with van der Waals surface area (Å²) in [6, 6.07) is 9.63. The lowest BCUT2D eigenvalue weighted by Crippen LogP contribution is -2.42. The van der Waals surface area contributed by atoms with Crippen molar-refractivity contribution in [1.29, 1.82) is 0 Å². The average molecular weight is 248 g/mol. The van der Waals surface area contributed by atoms with Crippen LogP contribution < -0.4 is 5.73 Å². The summed E-state index contributed by atoms with van der Waals surface area (Å²) in [4.78, 5) is 2.44. The van der Waals surface area contributed by atoms with E-state index >= 15 is 0 Å². The molecule has 0 amide bonds. The lowest BCUT2D eigenvalue weighted by atomic mass is 9.89. The van der Waals surface area contributed by atoms with Crippen LogP contribution >= 0.6 is 0 Å². The molecule has 1 saturated carbocycles. The molecule has 1 aromatic carbocycles. The number of likely N-dealkylation sites (N-methyl/N-ethyl adjacent to an activating group) is 1. The van der Waals surface area contributed by atoms with Gasteiger partial charge in [-0.15, -0.1) is 0 Å². The Labute approximate surface area is 110 Å². The molecule has 3 heteroatoms. The molecule has 0 bridgehead atoms. The summed E-state index contributed by atoms with van der Waals surface area (Å²) in [6.07, 6.45) is 3.98. The van der Waals surface area contributed by atoms with E-state index in [1.54, 1.807) is 7.11 Å². The Morgan fingerprint density at radius 1 is 1.44 bits per heavy atom. The van der Waals surface area contributed by atoms with E-state index in [2.05, 4.69) is 36.2 Å². The quantitative estimate of drug-likeness (QED) is 0.839. The Bertz CT molecular complexity index is 377. The topological polar surface area (TPSA) is 38.5 Å². The van der Waals surface area contributed by atoms with Crippen molar-refractivity contribution in [3.05, 3.63) is 35.4 Å². The van der Waals surface area contributed by atoms with Crippen molar-refractivity contribution in [3.63, 3.8) is 0 Å². The van der Waals surface area contributed by atoms with Gasteiger partial charge in [0.25, 0.3) is 0 Å². The summed E-state index contributed by atoms with van der Waals surface area (Å²) in [5, 5.41) is 0. The first-order valence-electron chi connectivity index (χ1n) is 6.76. The first kappa shape index (κ1) is 13.5. The minimum Gasteiger partial charge on any atom is -0.380 e. The van der Waals surface area contributed by atoms with Crippen molar-refractivity contribution < 1.29 is 4.74 Å². The molecule has 1 aromatic rings. The molecule has 2 N–H and O–H groups in total. The number of rotatable bonds is 6. The fourth-order valence-electron chi connectivity index (χ4n) is 2.64. The number of nitrogens with zero attached hydrogens (tertiary/aromatic N) is 1. The summed E-state index contributed by atoms with van der Waals surface area (Å²) in [5.41, 5.74) is 8.50. The number of ether oxygens (including phenoxy) is 1. The molecule has 3 nitrogen and oxygen atoms in total. The van der Waals surface area contributed by atoms with E-state index in [-0.39, 0.29) is 0 Å². The van der Waals surface area contributed by atoms with Gasteiger partial charge in [-0.3, -0.25) is 4.90 Å². The first-order chi connectivity index (χ1) is 8.76. The highest BCUT2D eigenvalue weighted by molar-refractivity contribution is 5.26. The maximum atomic E-state index is 5.97. The molecule has 0 heterocycles. The Balaban J connectivity index is 2.12. The molecule has 1 aliphatic rings. The number of benzene rings is 1. The molecule has 1 unspecified atom stereocenters. The van der Waals surface area contributed by atoms with Gasteiger partial charge in [-0.2, -0.15) is 0 Å². The van der Waals surface area contributed by atoms with Crippen LogP contribution in [0.2, 0.25) is 0 Å². The van der Waals surface area contributed by atoms with Crippen molar-refractivity contribution >= 4 is 0 Å². The van der Waals surface area contributed by atoms with E-state index in [1.165, 1.54) is 30.4 Å². The predicted molar refractivity (Wildman–Crippen MR) is 74.4 cm³/mol. The highest BCUT2D eigenvalue weighted by Gasteiger charge is 2.27. The van der Waals surface area contributed by atoms with Crippen LogP contribution in [0.1, 0.15) is 36.4 Å². The van der Waals surface area contributed by atoms with Gasteiger partial charge in [-0.1, -0.05) is 30.7 Å². The van der Waals surface area contributed by atoms with Gasteiger partial charge < -0.3 is 10.5 Å². The minimum absolute atomic E-state index is 0.326. The second kappa shape index (κ2) is 6.32. The molecule has 0 radical (unpaired) electrons. The minimum atomic E-state index is 0.326. The zero-order chi connectivity index (χ0) is 13.0. The maximum Gasteiger partial charge on any atom is 0.0713 e. The summed E-state index contributed by atoms with van der Waals surface area (Å²) < 4.78 is 5.19. The van der Waals surface area contributed by atoms with Crippen LogP contribution in [-0.4, -0.2) is 31.6 Å². The van der Waals surface area contributed by atoms with Gasteiger partial charge in [0, 0.05) is 25.7 Å². The zero-order valence-corrected chi connectivity index (χ0v) is 11.4. The van der Waals surface area contributed by atoms with Crippen LogP contribution in [0, 0.1) is 0 Å². The number of hydrogen-bond acceptors (Lipinski definition) is 3. The molecule has 2 rings (SSSR count). The first-order valence-corrected chi connectivity index (χ1v) is 6.76. The van der Waals surface area contributed by atoms with Gasteiger partial charge in [0.05, 0.1) is 6.61 Å². The molecule has 100 valence electrons. The third-order valence-corrected chi connectivity index (χ3v) is 4.01. The van der Waals surface area contributed by atoms with Gasteiger partial charge >= 0.3 is 0 Å². The molecule has 0 aliphatic heterocycles. The second-order valence-electron chi connectivity index (χ2n) is 5.18. The summed E-state index contributed by atoms with van der Waals surface area (Å²) >= 11 is 0. The van der Waals surface area contributed by atoms with E-state index in [9.17, 15) is 0 Å². The maximum absolute atomic E-state index is 5.97. The van der Waals surface area contributed by atoms with Gasteiger partial charge in [-0.05, 0) is 31.0 Å². The fourth-order valence-corrected chi connectivity index (χ4v) is 2.64. The van der Waals surface area contributed by atoms with Gasteiger partial charge in [0.1, 0.15) is 0 Å². The number of nitrogens with two attached hydrogens (primary N) is 1. The van der Waals surface area contributed by atoms with Gasteiger partial charge in [0.15, 0.2) is 0 Å². The summed E-state index contributed by atoms with van der Waals surface area (Å²) in [5.74, 6) is 0. The molecular formula is C15H24N2O. The zero-order valence-electron chi connectivity index (χ0n) is 11.4. The molecule has 0 saturated heterocycles. The standard InChI is InChI=1S/C15H24N2O/c1-17(14-7-4-8-14)15(10-16)13-6-3-5-12(9-13)11-18-2/h3,5-6,9,14-15H,4,7-8,10-11,16H2,1-2H3. The monoisotopic (exact) mass is 248 g/mol. The van der Waals surface area contributed by atoms with Crippen LogP contribution in [0.5, 0.6) is 0 Å². The molecule has 1 fully saturated rings. The SMILES string of the molecule is COCc1cccc(C(CN)N(C)C2CCC2)c1. The molecule has 0 aromatic heterocycles. The lowest BCUT2D eigenvalue weighted by molar-refractivity contribution is 0.113. The molecule has 1 aliphatic carbocycles. The Kier molecular flexibility index (Phi) is 4.75. The highest BCUT2D eigenvalue weighted by Crippen LogP contribution is 2.30. The van der Waals surface area contributed by atoms with Crippen molar-refractivity contribution in [2.75, 3.05) is 20.7 Å². The van der Waals surface area contributed by atoms with Crippen molar-refractivity contribution in [2.24, 2.45) is 5.73 Å². The molecular weight excluding hydrogens is 224 g/mol. The summed E-state index contributed by atoms with van der Waals surface area (Å²) in [6.45, 7) is 1.34. The fraction of sp³-hybridized carbons (Fsp3) is 0.600. The van der Waals surface area contributed by atoms with Crippen LogP contribution in [0.3, 0.4) is 0 Å². The van der Waals surface area contributed by atoms with Crippen molar-refractivity contribution in [2.45, 2.75) is 38.0 Å². The highest BCUT2D eigenvalue weighted by atomic mass is 16.5. The largest absolute Gasteiger partial charge is 0.380 e. The summed E-state index contributed by atoms with van der Waals surface area (Å²) in [7, 11) is 3.93. The van der Waals surface area contributed by atoms with Crippen molar-refractivity contribution in [1.82, 2.24) is 4.90 Å².